The number of carbonyl (C=O) groups excluding carboxylic acids is 1. The van der Waals surface area contributed by atoms with Crippen LogP contribution in [0.15, 0.2) is 71.6 Å². The van der Waals surface area contributed by atoms with Gasteiger partial charge in [0.15, 0.2) is 0 Å². The lowest BCUT2D eigenvalue weighted by molar-refractivity contribution is 0.0951. The molecule has 0 saturated heterocycles. The van der Waals surface area contributed by atoms with E-state index in [9.17, 15) is 17.6 Å². The smallest absolute Gasteiger partial charge is 0.261 e. The van der Waals surface area contributed by atoms with Gasteiger partial charge in [0.05, 0.1) is 15.5 Å². The molecular weight excluding hydrogens is 415 g/mol. The van der Waals surface area contributed by atoms with Crippen molar-refractivity contribution in [1.29, 1.82) is 0 Å². The van der Waals surface area contributed by atoms with E-state index in [-0.39, 0.29) is 33.5 Å². The maximum Gasteiger partial charge on any atom is 0.261 e. The number of hydrogen-bond acceptors (Lipinski definition) is 3. The van der Waals surface area contributed by atoms with E-state index < -0.39 is 15.9 Å². The third kappa shape index (κ3) is 5.34. The Balaban J connectivity index is 1.75. The molecule has 0 spiro atoms. The minimum atomic E-state index is -3.81. The van der Waals surface area contributed by atoms with Crippen LogP contribution in [0.3, 0.4) is 0 Å². The van der Waals surface area contributed by atoms with Crippen LogP contribution in [0.1, 0.15) is 21.5 Å². The van der Waals surface area contributed by atoms with E-state index in [4.69, 9.17) is 11.6 Å². The van der Waals surface area contributed by atoms with Crippen LogP contribution in [0.4, 0.5) is 10.1 Å². The van der Waals surface area contributed by atoms with Gasteiger partial charge in [0.2, 0.25) is 0 Å². The normalized spacial score (nSPS) is 11.1. The highest BCUT2D eigenvalue weighted by molar-refractivity contribution is 7.92. The molecule has 0 bridgehead atoms. The number of rotatable bonds is 6. The molecule has 150 valence electrons. The van der Waals surface area contributed by atoms with Crippen LogP contribution in [0, 0.1) is 12.7 Å². The SMILES string of the molecule is Cc1ccc(S(=O)(=O)Nc2ccc(Cl)c(C(=O)NCc3ccc(F)cc3)c2)cc1. The van der Waals surface area contributed by atoms with Gasteiger partial charge in [-0.15, -0.1) is 0 Å². The highest BCUT2D eigenvalue weighted by atomic mass is 35.5. The van der Waals surface area contributed by atoms with Crippen molar-refractivity contribution in [2.45, 2.75) is 18.4 Å². The molecule has 1 amide bonds. The van der Waals surface area contributed by atoms with Gasteiger partial charge < -0.3 is 5.32 Å². The molecule has 8 heteroatoms. The summed E-state index contributed by atoms with van der Waals surface area (Å²) in [7, 11) is -3.81. The van der Waals surface area contributed by atoms with Gasteiger partial charge in [0.25, 0.3) is 15.9 Å². The van der Waals surface area contributed by atoms with Crippen LogP contribution in [0.5, 0.6) is 0 Å². The highest BCUT2D eigenvalue weighted by Gasteiger charge is 2.17. The van der Waals surface area contributed by atoms with Gasteiger partial charge in [-0.3, -0.25) is 9.52 Å². The minimum absolute atomic E-state index is 0.111. The summed E-state index contributed by atoms with van der Waals surface area (Å²) in [5.41, 5.74) is 1.99. The summed E-state index contributed by atoms with van der Waals surface area (Å²) >= 11 is 6.11. The Labute approximate surface area is 173 Å². The first-order chi connectivity index (χ1) is 13.7. The van der Waals surface area contributed by atoms with Crippen LogP contribution in [0.2, 0.25) is 5.02 Å². The van der Waals surface area contributed by atoms with E-state index >= 15 is 0 Å². The Bertz CT molecular complexity index is 1130. The molecule has 0 atom stereocenters. The molecule has 0 radical (unpaired) electrons. The van der Waals surface area contributed by atoms with Crippen molar-refractivity contribution in [3.05, 3.63) is 94.3 Å². The van der Waals surface area contributed by atoms with Crippen molar-refractivity contribution in [2.24, 2.45) is 0 Å². The number of sulfonamides is 1. The topological polar surface area (TPSA) is 75.3 Å². The Morgan fingerprint density at radius 1 is 1.00 bits per heavy atom. The first-order valence-corrected chi connectivity index (χ1v) is 10.5. The third-order valence-corrected chi connectivity index (χ3v) is 5.89. The molecule has 3 rings (SSSR count). The van der Waals surface area contributed by atoms with Gasteiger partial charge in [-0.1, -0.05) is 41.4 Å². The zero-order valence-corrected chi connectivity index (χ0v) is 17.0. The number of amides is 1. The maximum absolute atomic E-state index is 13.0. The van der Waals surface area contributed by atoms with Crippen LogP contribution in [0.25, 0.3) is 0 Å². The lowest BCUT2D eigenvalue weighted by Crippen LogP contribution is -2.23. The molecule has 0 fully saturated rings. The number of anilines is 1. The van der Waals surface area contributed by atoms with Crippen molar-refractivity contribution in [3.8, 4) is 0 Å². The second-order valence-corrected chi connectivity index (χ2v) is 8.51. The molecular formula is C21H18ClFN2O3S. The van der Waals surface area contributed by atoms with Crippen LogP contribution in [-0.2, 0) is 16.6 Å². The van der Waals surface area contributed by atoms with Crippen molar-refractivity contribution in [3.63, 3.8) is 0 Å². The molecule has 29 heavy (non-hydrogen) atoms. The first kappa shape index (κ1) is 20.8. The fraction of sp³-hybridized carbons (Fsp3) is 0.0952. The van der Waals surface area contributed by atoms with Crippen molar-refractivity contribution < 1.29 is 17.6 Å². The van der Waals surface area contributed by atoms with Crippen molar-refractivity contribution >= 4 is 33.2 Å². The summed E-state index contributed by atoms with van der Waals surface area (Å²) < 4.78 is 40.5. The van der Waals surface area contributed by atoms with Gasteiger partial charge in [-0.2, -0.15) is 0 Å². The summed E-state index contributed by atoms with van der Waals surface area (Å²) in [6, 6.07) is 16.4. The molecule has 3 aromatic carbocycles. The van der Waals surface area contributed by atoms with Gasteiger partial charge in [-0.25, -0.2) is 12.8 Å². The zero-order chi connectivity index (χ0) is 21.0. The summed E-state index contributed by atoms with van der Waals surface area (Å²) in [6.07, 6.45) is 0. The third-order valence-electron chi connectivity index (χ3n) is 4.16. The number of nitrogens with one attached hydrogen (secondary N) is 2. The minimum Gasteiger partial charge on any atom is -0.348 e. The number of aryl methyl sites for hydroxylation is 1. The molecule has 0 aliphatic heterocycles. The summed E-state index contributed by atoms with van der Waals surface area (Å²) in [5.74, 6) is -0.840. The number of benzene rings is 3. The molecule has 0 aliphatic carbocycles. The van der Waals surface area contributed by atoms with Crippen LogP contribution in [-0.4, -0.2) is 14.3 Å². The summed E-state index contributed by atoms with van der Waals surface area (Å²) in [5, 5.41) is 2.86. The largest absolute Gasteiger partial charge is 0.348 e. The molecule has 0 saturated carbocycles. The van der Waals surface area contributed by atoms with E-state index in [0.29, 0.717) is 5.56 Å². The number of halogens is 2. The van der Waals surface area contributed by atoms with E-state index in [1.54, 1.807) is 24.3 Å². The quantitative estimate of drug-likeness (QED) is 0.601. The lowest BCUT2D eigenvalue weighted by Gasteiger charge is -2.11. The van der Waals surface area contributed by atoms with Crippen LogP contribution >= 0.6 is 11.6 Å². The van der Waals surface area contributed by atoms with E-state index in [1.807, 2.05) is 6.92 Å². The van der Waals surface area contributed by atoms with Crippen LogP contribution < -0.4 is 10.0 Å². The van der Waals surface area contributed by atoms with Crippen molar-refractivity contribution in [1.82, 2.24) is 5.32 Å². The van der Waals surface area contributed by atoms with Gasteiger partial charge >= 0.3 is 0 Å². The Kier molecular flexibility index (Phi) is 6.20. The fourth-order valence-corrected chi connectivity index (χ4v) is 3.83. The average Bonchev–Trinajstić information content (AvgIpc) is 2.69. The Hall–Kier alpha value is -2.90. The summed E-state index contributed by atoms with van der Waals surface area (Å²) in [6.45, 7) is 2.04. The predicted molar refractivity (Wildman–Crippen MR) is 111 cm³/mol. The number of hydrogen-bond donors (Lipinski definition) is 2. The highest BCUT2D eigenvalue weighted by Crippen LogP contribution is 2.23. The lowest BCUT2D eigenvalue weighted by atomic mass is 10.1. The molecule has 3 aromatic rings. The first-order valence-electron chi connectivity index (χ1n) is 8.66. The monoisotopic (exact) mass is 432 g/mol. The molecule has 0 aliphatic rings. The van der Waals surface area contributed by atoms with E-state index in [1.165, 1.54) is 42.5 Å². The van der Waals surface area contributed by atoms with Gasteiger partial charge in [0, 0.05) is 12.2 Å². The second kappa shape index (κ2) is 8.63. The standard InChI is InChI=1S/C21H18ClFN2O3S/c1-14-2-9-18(10-3-14)29(27,28)25-17-8-11-20(22)19(12-17)21(26)24-13-15-4-6-16(23)7-5-15/h2-12,25H,13H2,1H3,(H,24,26). The summed E-state index contributed by atoms with van der Waals surface area (Å²) in [4.78, 5) is 12.6. The Morgan fingerprint density at radius 3 is 2.31 bits per heavy atom. The maximum atomic E-state index is 13.0. The molecule has 0 heterocycles. The zero-order valence-electron chi connectivity index (χ0n) is 15.4. The van der Waals surface area contributed by atoms with Crippen molar-refractivity contribution in [2.75, 3.05) is 4.72 Å². The van der Waals surface area contributed by atoms with E-state index in [0.717, 1.165) is 5.56 Å². The van der Waals surface area contributed by atoms with E-state index in [2.05, 4.69) is 10.0 Å². The molecule has 5 nitrogen and oxygen atoms in total. The van der Waals surface area contributed by atoms with Gasteiger partial charge in [0.1, 0.15) is 5.82 Å². The van der Waals surface area contributed by atoms with Gasteiger partial charge in [-0.05, 0) is 55.0 Å². The molecule has 2 N–H and O–H groups in total. The molecule has 0 aromatic heterocycles. The number of carbonyl (C=O) groups is 1. The molecule has 0 unspecified atom stereocenters. The second-order valence-electron chi connectivity index (χ2n) is 6.42. The predicted octanol–water partition coefficient (Wildman–Crippen LogP) is 4.52. The Morgan fingerprint density at radius 2 is 1.66 bits per heavy atom. The fourth-order valence-electron chi connectivity index (χ4n) is 2.57. The average molecular weight is 433 g/mol.